The van der Waals surface area contributed by atoms with Crippen LogP contribution in [0.25, 0.3) is 10.9 Å². The number of benzene rings is 2. The lowest BCUT2D eigenvalue weighted by Gasteiger charge is -2.26. The molecule has 2 amide bonds. The van der Waals surface area contributed by atoms with Gasteiger partial charge in [-0.05, 0) is 31.8 Å². The molecule has 0 aliphatic heterocycles. The van der Waals surface area contributed by atoms with E-state index in [1.807, 2.05) is 67.5 Å². The van der Waals surface area contributed by atoms with Crippen LogP contribution in [-0.2, 0) is 11.3 Å². The highest BCUT2D eigenvalue weighted by molar-refractivity contribution is 6.31. The number of para-hydroxylation sites is 1. The van der Waals surface area contributed by atoms with Gasteiger partial charge in [0.15, 0.2) is 0 Å². The maximum Gasteiger partial charge on any atom is 0.250 e. The minimum atomic E-state index is -0.512. The summed E-state index contributed by atoms with van der Waals surface area (Å²) in [6.07, 6.45) is 1.63. The highest BCUT2D eigenvalue weighted by atomic mass is 35.5. The number of rotatable bonds is 7. The summed E-state index contributed by atoms with van der Waals surface area (Å²) in [5.74, 6) is -0.669. The summed E-state index contributed by atoms with van der Waals surface area (Å²) < 4.78 is 1.74. The van der Waals surface area contributed by atoms with Crippen LogP contribution in [0.4, 0.5) is 0 Å². The van der Waals surface area contributed by atoms with Crippen LogP contribution in [0.15, 0.2) is 54.7 Å². The fourth-order valence-electron chi connectivity index (χ4n) is 3.31. The molecule has 0 spiro atoms. The summed E-state index contributed by atoms with van der Waals surface area (Å²) in [6.45, 7) is 0.508. The number of carbonyl (C=O) groups is 2. The Morgan fingerprint density at radius 3 is 2.50 bits per heavy atom. The van der Waals surface area contributed by atoms with Crippen molar-refractivity contribution in [2.45, 2.75) is 12.6 Å². The fourth-order valence-corrected chi connectivity index (χ4v) is 3.57. The van der Waals surface area contributed by atoms with E-state index in [4.69, 9.17) is 17.3 Å². The summed E-state index contributed by atoms with van der Waals surface area (Å²) in [6, 6.07) is 14.9. The maximum absolute atomic E-state index is 12.6. The standard InChI is InChI=1S/C21H23ClN4O2/c1-25(2)19(15-8-3-5-9-17(15)22)11-24-20(27)13-26-12-16(21(23)28)14-7-4-6-10-18(14)26/h3-10,12,19H,11,13H2,1-2H3,(H2,23,28)(H,24,27). The van der Waals surface area contributed by atoms with Gasteiger partial charge in [0, 0.05) is 28.7 Å². The molecule has 1 aromatic heterocycles. The number of primary amides is 1. The number of amides is 2. The second-order valence-corrected chi connectivity index (χ2v) is 7.26. The zero-order chi connectivity index (χ0) is 20.3. The van der Waals surface area contributed by atoms with Gasteiger partial charge in [-0.25, -0.2) is 0 Å². The minimum Gasteiger partial charge on any atom is -0.366 e. The molecule has 0 radical (unpaired) electrons. The number of likely N-dealkylation sites (N-methyl/N-ethyl adjacent to an activating group) is 1. The number of carbonyl (C=O) groups excluding carboxylic acids is 2. The molecule has 2 aromatic carbocycles. The highest BCUT2D eigenvalue weighted by Crippen LogP contribution is 2.25. The first kappa shape index (κ1) is 19.9. The van der Waals surface area contributed by atoms with Gasteiger partial charge in [-0.2, -0.15) is 0 Å². The number of hydrogen-bond donors (Lipinski definition) is 2. The predicted molar refractivity (Wildman–Crippen MR) is 111 cm³/mol. The van der Waals surface area contributed by atoms with E-state index in [0.717, 1.165) is 16.5 Å². The summed E-state index contributed by atoms with van der Waals surface area (Å²) in [7, 11) is 3.89. The first-order valence-electron chi connectivity index (χ1n) is 8.93. The van der Waals surface area contributed by atoms with Gasteiger partial charge in [0.2, 0.25) is 5.91 Å². The number of nitrogens with zero attached hydrogens (tertiary/aromatic N) is 2. The summed E-state index contributed by atoms with van der Waals surface area (Å²) in [4.78, 5) is 26.3. The van der Waals surface area contributed by atoms with Gasteiger partial charge in [0.05, 0.1) is 11.6 Å². The molecule has 146 valence electrons. The monoisotopic (exact) mass is 398 g/mol. The Morgan fingerprint density at radius 1 is 1.14 bits per heavy atom. The van der Waals surface area contributed by atoms with Gasteiger partial charge in [0.25, 0.3) is 5.91 Å². The Morgan fingerprint density at radius 2 is 1.82 bits per heavy atom. The first-order chi connectivity index (χ1) is 13.4. The minimum absolute atomic E-state index is 0.0553. The van der Waals surface area contributed by atoms with E-state index in [1.165, 1.54) is 0 Å². The SMILES string of the molecule is CN(C)C(CNC(=O)Cn1cc(C(N)=O)c2ccccc21)c1ccccc1Cl. The molecule has 1 atom stereocenters. The van der Waals surface area contributed by atoms with E-state index < -0.39 is 5.91 Å². The average Bonchev–Trinajstić information content (AvgIpc) is 3.02. The molecule has 0 bridgehead atoms. The maximum atomic E-state index is 12.6. The van der Waals surface area contributed by atoms with Crippen LogP contribution in [0, 0.1) is 0 Å². The largest absolute Gasteiger partial charge is 0.366 e. The van der Waals surface area contributed by atoms with Gasteiger partial charge in [-0.3, -0.25) is 9.59 Å². The molecule has 6 nitrogen and oxygen atoms in total. The van der Waals surface area contributed by atoms with Crippen LogP contribution in [0.3, 0.4) is 0 Å². The van der Waals surface area contributed by atoms with Gasteiger partial charge in [-0.1, -0.05) is 48.0 Å². The number of halogens is 1. The Hall–Kier alpha value is -2.83. The molecule has 28 heavy (non-hydrogen) atoms. The van der Waals surface area contributed by atoms with Crippen molar-refractivity contribution in [1.82, 2.24) is 14.8 Å². The quantitative estimate of drug-likeness (QED) is 0.642. The zero-order valence-corrected chi connectivity index (χ0v) is 16.6. The van der Waals surface area contributed by atoms with Gasteiger partial charge < -0.3 is 20.5 Å². The van der Waals surface area contributed by atoms with Crippen LogP contribution in [0.2, 0.25) is 5.02 Å². The second-order valence-electron chi connectivity index (χ2n) is 6.86. The summed E-state index contributed by atoms with van der Waals surface area (Å²) >= 11 is 6.32. The summed E-state index contributed by atoms with van der Waals surface area (Å²) in [5, 5.41) is 4.37. The van der Waals surface area contributed by atoms with Crippen LogP contribution < -0.4 is 11.1 Å². The van der Waals surface area contributed by atoms with Crippen molar-refractivity contribution >= 4 is 34.3 Å². The number of hydrogen-bond acceptors (Lipinski definition) is 3. The van der Waals surface area contributed by atoms with E-state index in [9.17, 15) is 9.59 Å². The smallest absolute Gasteiger partial charge is 0.250 e. The molecule has 0 saturated carbocycles. The van der Waals surface area contributed by atoms with E-state index in [0.29, 0.717) is 17.1 Å². The lowest BCUT2D eigenvalue weighted by molar-refractivity contribution is -0.121. The number of aromatic nitrogens is 1. The van der Waals surface area contributed by atoms with Crippen molar-refractivity contribution in [3.05, 3.63) is 70.9 Å². The lowest BCUT2D eigenvalue weighted by Crippen LogP contribution is -2.36. The normalized spacial score (nSPS) is 12.3. The van der Waals surface area contributed by atoms with Crippen LogP contribution in [0.1, 0.15) is 22.0 Å². The Bertz CT molecular complexity index is 1010. The third-order valence-electron chi connectivity index (χ3n) is 4.75. The Balaban J connectivity index is 1.75. The molecular formula is C21H23ClN4O2. The first-order valence-corrected chi connectivity index (χ1v) is 9.31. The third kappa shape index (κ3) is 4.18. The van der Waals surface area contributed by atoms with Crippen molar-refractivity contribution in [2.24, 2.45) is 5.73 Å². The van der Waals surface area contributed by atoms with Crippen LogP contribution in [-0.4, -0.2) is 41.9 Å². The van der Waals surface area contributed by atoms with Crippen molar-refractivity contribution in [3.63, 3.8) is 0 Å². The van der Waals surface area contributed by atoms with Crippen LogP contribution >= 0.6 is 11.6 Å². The topological polar surface area (TPSA) is 80.4 Å². The lowest BCUT2D eigenvalue weighted by atomic mass is 10.1. The zero-order valence-electron chi connectivity index (χ0n) is 15.9. The second kappa shape index (κ2) is 8.46. The molecule has 0 saturated heterocycles. The molecular weight excluding hydrogens is 376 g/mol. The molecule has 3 aromatic rings. The molecule has 3 rings (SSSR count). The molecule has 1 unspecified atom stereocenters. The number of nitrogens with one attached hydrogen (secondary N) is 1. The van der Waals surface area contributed by atoms with Crippen molar-refractivity contribution in [1.29, 1.82) is 0 Å². The molecule has 3 N–H and O–H groups in total. The average molecular weight is 399 g/mol. The molecule has 0 fully saturated rings. The molecule has 7 heteroatoms. The van der Waals surface area contributed by atoms with Gasteiger partial charge in [0.1, 0.15) is 6.54 Å². The van der Waals surface area contributed by atoms with Gasteiger partial charge >= 0.3 is 0 Å². The molecule has 1 heterocycles. The van der Waals surface area contributed by atoms with E-state index in [2.05, 4.69) is 5.32 Å². The van der Waals surface area contributed by atoms with E-state index >= 15 is 0 Å². The third-order valence-corrected chi connectivity index (χ3v) is 5.09. The highest BCUT2D eigenvalue weighted by Gasteiger charge is 2.19. The van der Waals surface area contributed by atoms with Gasteiger partial charge in [-0.15, -0.1) is 0 Å². The van der Waals surface area contributed by atoms with Crippen LogP contribution in [0.5, 0.6) is 0 Å². The fraction of sp³-hybridized carbons (Fsp3) is 0.238. The van der Waals surface area contributed by atoms with Crippen molar-refractivity contribution < 1.29 is 9.59 Å². The number of fused-ring (bicyclic) bond motifs is 1. The predicted octanol–water partition coefficient (Wildman–Crippen LogP) is 2.81. The summed E-state index contributed by atoms with van der Waals surface area (Å²) in [5.41, 5.74) is 7.62. The van der Waals surface area contributed by atoms with E-state index in [1.54, 1.807) is 10.8 Å². The Labute approximate surface area is 168 Å². The van der Waals surface area contributed by atoms with Crippen molar-refractivity contribution in [3.8, 4) is 0 Å². The Kier molecular flexibility index (Phi) is 6.02. The number of nitrogens with two attached hydrogens (primary N) is 1. The van der Waals surface area contributed by atoms with E-state index in [-0.39, 0.29) is 18.5 Å². The molecule has 0 aliphatic carbocycles. The van der Waals surface area contributed by atoms with Crippen molar-refractivity contribution in [2.75, 3.05) is 20.6 Å². The molecule has 0 aliphatic rings.